The summed E-state index contributed by atoms with van der Waals surface area (Å²) in [5, 5.41) is 5.78. The first-order valence-electron chi connectivity index (χ1n) is 8.43. The predicted molar refractivity (Wildman–Crippen MR) is 106 cm³/mol. The van der Waals surface area contributed by atoms with E-state index in [2.05, 4.69) is 23.4 Å². The highest BCUT2D eigenvalue weighted by molar-refractivity contribution is 8.00. The number of nitrogens with zero attached hydrogens (tertiary/aromatic N) is 1. The second-order valence-corrected chi connectivity index (χ2v) is 9.75. The van der Waals surface area contributed by atoms with Gasteiger partial charge in [-0.25, -0.2) is 4.98 Å². The Bertz CT molecular complexity index is 875. The molecular weight excluding hydrogens is 356 g/mol. The molecule has 0 unspecified atom stereocenters. The molecule has 0 radical (unpaired) electrons. The lowest BCUT2D eigenvalue weighted by atomic mass is 10.0. The van der Waals surface area contributed by atoms with Crippen LogP contribution in [0.4, 0.5) is 0 Å². The Morgan fingerprint density at radius 3 is 2.88 bits per heavy atom. The van der Waals surface area contributed by atoms with E-state index in [0.717, 1.165) is 26.5 Å². The van der Waals surface area contributed by atoms with E-state index < -0.39 is 0 Å². The summed E-state index contributed by atoms with van der Waals surface area (Å²) >= 11 is 5.20. The molecule has 1 atom stereocenters. The van der Waals surface area contributed by atoms with Gasteiger partial charge in [-0.15, -0.1) is 34.4 Å². The van der Waals surface area contributed by atoms with Crippen LogP contribution in [0.3, 0.4) is 0 Å². The molecule has 0 bridgehead atoms. The third-order valence-electron chi connectivity index (χ3n) is 4.58. The minimum atomic E-state index is -0.00394. The van der Waals surface area contributed by atoms with Crippen molar-refractivity contribution in [2.45, 2.75) is 49.5 Å². The Kier molecular flexibility index (Phi) is 4.79. The van der Waals surface area contributed by atoms with Gasteiger partial charge in [-0.3, -0.25) is 4.79 Å². The first-order chi connectivity index (χ1) is 11.7. The average molecular weight is 377 g/mol. The van der Waals surface area contributed by atoms with Gasteiger partial charge in [0.2, 0.25) is 0 Å². The molecule has 1 aliphatic carbocycles. The molecule has 3 nitrogen and oxygen atoms in total. The lowest BCUT2D eigenvalue weighted by Gasteiger charge is -2.23. The van der Waals surface area contributed by atoms with Crippen molar-refractivity contribution in [1.29, 1.82) is 0 Å². The first kappa shape index (κ1) is 16.4. The average Bonchev–Trinajstić information content (AvgIpc) is 3.24. The fraction of sp³-hybridized carbons (Fsp3) is 0.444. The molecule has 24 heavy (non-hydrogen) atoms. The smallest absolute Gasteiger partial charge is 0.260 e. The summed E-state index contributed by atoms with van der Waals surface area (Å²) in [5.41, 5.74) is 1.01. The number of thioether (sulfide) groups is 1. The van der Waals surface area contributed by atoms with Crippen LogP contribution < -0.4 is 5.56 Å². The quantitative estimate of drug-likeness (QED) is 0.622. The van der Waals surface area contributed by atoms with Crippen molar-refractivity contribution < 1.29 is 0 Å². The van der Waals surface area contributed by atoms with Crippen LogP contribution in [0.15, 0.2) is 27.7 Å². The molecular formula is C18H20N2OS3. The zero-order chi connectivity index (χ0) is 16.5. The number of H-pyrrole nitrogens is 1. The SMILES string of the molecule is C[C@@H](SC1CCCCC1)c1nc2scc(-c3cccs3)c2c(=O)[nH]1. The number of thiophene rings is 2. The molecule has 0 spiro atoms. The molecule has 126 valence electrons. The Morgan fingerprint density at radius 1 is 1.29 bits per heavy atom. The Morgan fingerprint density at radius 2 is 2.12 bits per heavy atom. The van der Waals surface area contributed by atoms with E-state index in [1.807, 2.05) is 23.2 Å². The second-order valence-electron chi connectivity index (χ2n) is 6.30. The highest BCUT2D eigenvalue weighted by atomic mass is 32.2. The molecule has 3 heterocycles. The number of fused-ring (bicyclic) bond motifs is 1. The van der Waals surface area contributed by atoms with Crippen molar-refractivity contribution in [2.24, 2.45) is 0 Å². The summed E-state index contributed by atoms with van der Waals surface area (Å²) in [6.07, 6.45) is 6.63. The monoisotopic (exact) mass is 376 g/mol. The van der Waals surface area contributed by atoms with Crippen molar-refractivity contribution >= 4 is 44.7 Å². The summed E-state index contributed by atoms with van der Waals surface area (Å²) < 4.78 is 0. The van der Waals surface area contributed by atoms with Gasteiger partial charge in [0, 0.05) is 21.1 Å². The molecule has 1 fully saturated rings. The summed E-state index contributed by atoms with van der Waals surface area (Å²) in [5.74, 6) is 0.822. The zero-order valence-corrected chi connectivity index (χ0v) is 16.0. The van der Waals surface area contributed by atoms with Crippen LogP contribution in [0.2, 0.25) is 0 Å². The number of rotatable bonds is 4. The largest absolute Gasteiger partial charge is 0.309 e. The van der Waals surface area contributed by atoms with E-state index in [-0.39, 0.29) is 10.8 Å². The third kappa shape index (κ3) is 3.19. The van der Waals surface area contributed by atoms with Crippen LogP contribution in [-0.4, -0.2) is 15.2 Å². The van der Waals surface area contributed by atoms with E-state index in [0.29, 0.717) is 5.25 Å². The number of nitrogens with one attached hydrogen (secondary N) is 1. The molecule has 1 saturated carbocycles. The van der Waals surface area contributed by atoms with E-state index in [1.54, 1.807) is 22.7 Å². The summed E-state index contributed by atoms with van der Waals surface area (Å²) in [6, 6.07) is 4.07. The van der Waals surface area contributed by atoms with Gasteiger partial charge >= 0.3 is 0 Å². The Balaban J connectivity index is 1.64. The molecule has 4 rings (SSSR count). The predicted octanol–water partition coefficient (Wildman–Crippen LogP) is 5.84. The van der Waals surface area contributed by atoms with E-state index in [4.69, 9.17) is 4.98 Å². The maximum atomic E-state index is 12.7. The third-order valence-corrected chi connectivity index (χ3v) is 7.85. The Labute approximate surface area is 153 Å². The van der Waals surface area contributed by atoms with Gasteiger partial charge in [0.15, 0.2) is 0 Å². The lowest BCUT2D eigenvalue weighted by molar-refractivity contribution is 0.515. The summed E-state index contributed by atoms with van der Waals surface area (Å²) in [6.45, 7) is 2.16. The van der Waals surface area contributed by atoms with Crippen molar-refractivity contribution in [2.75, 3.05) is 0 Å². The zero-order valence-electron chi connectivity index (χ0n) is 13.6. The molecule has 3 aromatic heterocycles. The van der Waals surface area contributed by atoms with Gasteiger partial charge < -0.3 is 4.98 Å². The number of hydrogen-bond donors (Lipinski definition) is 1. The minimum Gasteiger partial charge on any atom is -0.309 e. The van der Waals surface area contributed by atoms with Crippen LogP contribution in [0, 0.1) is 0 Å². The van der Waals surface area contributed by atoms with E-state index in [1.165, 1.54) is 32.1 Å². The van der Waals surface area contributed by atoms with E-state index in [9.17, 15) is 4.79 Å². The lowest BCUT2D eigenvalue weighted by Crippen LogP contribution is -2.15. The molecule has 0 aliphatic heterocycles. The molecule has 3 aromatic rings. The fourth-order valence-electron chi connectivity index (χ4n) is 3.33. The first-order valence-corrected chi connectivity index (χ1v) is 11.1. The van der Waals surface area contributed by atoms with E-state index >= 15 is 0 Å². The van der Waals surface area contributed by atoms with Crippen molar-refractivity contribution in [3.63, 3.8) is 0 Å². The van der Waals surface area contributed by atoms with Crippen molar-refractivity contribution in [3.8, 4) is 10.4 Å². The van der Waals surface area contributed by atoms with Gasteiger partial charge in [0.1, 0.15) is 10.7 Å². The molecule has 6 heteroatoms. The fourth-order valence-corrected chi connectivity index (χ4v) is 6.52. The van der Waals surface area contributed by atoms with Crippen molar-refractivity contribution in [1.82, 2.24) is 9.97 Å². The topological polar surface area (TPSA) is 45.8 Å². The highest BCUT2D eigenvalue weighted by Crippen LogP contribution is 2.38. The van der Waals surface area contributed by atoms with Crippen LogP contribution in [0.1, 0.15) is 50.1 Å². The van der Waals surface area contributed by atoms with Gasteiger partial charge in [-0.2, -0.15) is 0 Å². The number of hydrogen-bond acceptors (Lipinski definition) is 5. The highest BCUT2D eigenvalue weighted by Gasteiger charge is 2.21. The molecule has 1 N–H and O–H groups in total. The van der Waals surface area contributed by atoms with Gasteiger partial charge in [-0.1, -0.05) is 25.3 Å². The molecule has 0 amide bonds. The Hall–Kier alpha value is -1.11. The summed E-state index contributed by atoms with van der Waals surface area (Å²) in [4.78, 5) is 22.5. The number of aromatic nitrogens is 2. The van der Waals surface area contributed by atoms with Gasteiger partial charge in [0.25, 0.3) is 5.56 Å². The normalized spacial score (nSPS) is 17.4. The van der Waals surface area contributed by atoms with Gasteiger partial charge in [0.05, 0.1) is 10.6 Å². The minimum absolute atomic E-state index is 0.00394. The number of aromatic amines is 1. The standard InChI is InChI=1S/C18H20N2OS3/c1-11(24-12-6-3-2-4-7-12)16-19-17(21)15-13(10-23-18(15)20-16)14-8-5-9-22-14/h5,8-12H,2-4,6-7H2,1H3,(H,19,20,21)/t11-/m1/s1. The van der Waals surface area contributed by atoms with Crippen molar-refractivity contribution in [3.05, 3.63) is 39.1 Å². The van der Waals surface area contributed by atoms with Gasteiger partial charge in [-0.05, 0) is 31.2 Å². The molecule has 0 saturated heterocycles. The maximum absolute atomic E-state index is 12.7. The van der Waals surface area contributed by atoms with Crippen LogP contribution in [0.25, 0.3) is 20.7 Å². The van der Waals surface area contributed by atoms with Crippen LogP contribution >= 0.6 is 34.4 Å². The summed E-state index contributed by atoms with van der Waals surface area (Å²) in [7, 11) is 0. The van der Waals surface area contributed by atoms with Crippen LogP contribution in [0.5, 0.6) is 0 Å². The second kappa shape index (κ2) is 7.02. The van der Waals surface area contributed by atoms with Crippen LogP contribution in [-0.2, 0) is 0 Å². The molecule has 0 aromatic carbocycles. The maximum Gasteiger partial charge on any atom is 0.260 e. The molecule has 1 aliphatic rings.